The SMILES string of the molecule is C#C[Si](C)(C)C.C[Si](C)(C)C#Cc1ccc(C=O)c(F)c1.O=Cc1ccc(I)cc1F. The van der Waals surface area contributed by atoms with Gasteiger partial charge in [0.15, 0.2) is 12.6 Å². The Hall–Kier alpha value is -2.08. The Balaban J connectivity index is 0.000000484. The molecule has 0 unspecified atom stereocenters. The molecule has 0 radical (unpaired) electrons. The third kappa shape index (κ3) is 13.8. The zero-order valence-electron chi connectivity index (χ0n) is 18.6. The van der Waals surface area contributed by atoms with Crippen LogP contribution in [-0.2, 0) is 0 Å². The van der Waals surface area contributed by atoms with Crippen molar-refractivity contribution in [2.75, 3.05) is 0 Å². The van der Waals surface area contributed by atoms with Gasteiger partial charge in [0.05, 0.1) is 11.1 Å². The molecule has 0 aliphatic heterocycles. The Morgan fingerprint density at radius 2 is 1.29 bits per heavy atom. The summed E-state index contributed by atoms with van der Waals surface area (Å²) in [6.45, 7) is 12.8. The van der Waals surface area contributed by atoms with Gasteiger partial charge in [0.25, 0.3) is 0 Å². The van der Waals surface area contributed by atoms with E-state index in [0.29, 0.717) is 18.1 Å². The van der Waals surface area contributed by atoms with Crippen LogP contribution in [0.15, 0.2) is 36.4 Å². The Morgan fingerprint density at radius 3 is 1.65 bits per heavy atom. The van der Waals surface area contributed by atoms with Crippen LogP contribution >= 0.6 is 22.6 Å². The van der Waals surface area contributed by atoms with Gasteiger partial charge in [0, 0.05) is 9.13 Å². The van der Waals surface area contributed by atoms with E-state index in [1.165, 1.54) is 24.3 Å². The van der Waals surface area contributed by atoms with E-state index in [-0.39, 0.29) is 11.1 Å². The monoisotopic (exact) mass is 568 g/mol. The number of rotatable bonds is 2. The van der Waals surface area contributed by atoms with Gasteiger partial charge in [-0.3, -0.25) is 9.59 Å². The second kappa shape index (κ2) is 13.4. The lowest BCUT2D eigenvalue weighted by Crippen LogP contribution is -2.16. The molecule has 164 valence electrons. The summed E-state index contributed by atoms with van der Waals surface area (Å²) < 4.78 is 26.6. The van der Waals surface area contributed by atoms with Crippen LogP contribution in [0.1, 0.15) is 26.3 Å². The van der Waals surface area contributed by atoms with Crippen LogP contribution in [0, 0.1) is 38.6 Å². The van der Waals surface area contributed by atoms with Gasteiger partial charge in [-0.25, -0.2) is 8.78 Å². The number of hydrogen-bond donors (Lipinski definition) is 0. The molecule has 0 fully saturated rings. The third-order valence-corrected chi connectivity index (χ3v) is 5.64. The Kier molecular flexibility index (Phi) is 12.5. The number of carbonyl (C=O) groups is 2. The summed E-state index contributed by atoms with van der Waals surface area (Å²) in [5, 5.41) is 0. The van der Waals surface area contributed by atoms with Crippen LogP contribution in [0.5, 0.6) is 0 Å². The predicted molar refractivity (Wildman–Crippen MR) is 139 cm³/mol. The fraction of sp³-hybridized carbons (Fsp3) is 0.250. The van der Waals surface area contributed by atoms with E-state index in [1.54, 1.807) is 12.1 Å². The lowest BCUT2D eigenvalue weighted by Gasteiger charge is -2.03. The van der Waals surface area contributed by atoms with Crippen molar-refractivity contribution < 1.29 is 18.4 Å². The molecule has 2 rings (SSSR count). The maximum atomic E-state index is 13.2. The molecule has 0 aliphatic rings. The van der Waals surface area contributed by atoms with Gasteiger partial charge in [-0.2, -0.15) is 0 Å². The quantitative estimate of drug-likeness (QED) is 0.177. The Bertz CT molecular complexity index is 1010. The summed E-state index contributed by atoms with van der Waals surface area (Å²) in [5.74, 6) is 1.97. The molecule has 7 heteroatoms. The molecule has 0 aromatic heterocycles. The molecule has 0 atom stereocenters. The van der Waals surface area contributed by atoms with Crippen LogP contribution in [0.2, 0.25) is 39.3 Å². The summed E-state index contributed by atoms with van der Waals surface area (Å²) in [5.41, 5.74) is 6.69. The maximum absolute atomic E-state index is 13.2. The predicted octanol–water partition coefficient (Wildman–Crippen LogP) is 6.61. The molecular weight excluding hydrogens is 541 g/mol. The average Bonchev–Trinajstić information content (AvgIpc) is 2.66. The van der Waals surface area contributed by atoms with E-state index >= 15 is 0 Å². The second-order valence-corrected chi connectivity index (χ2v) is 19.3. The van der Waals surface area contributed by atoms with Gasteiger partial charge in [-0.15, -0.1) is 17.5 Å². The minimum Gasteiger partial charge on any atom is -0.298 e. The Labute approximate surface area is 200 Å². The number of carbonyl (C=O) groups excluding carboxylic acids is 2. The molecule has 2 aromatic rings. The van der Waals surface area contributed by atoms with E-state index < -0.39 is 27.8 Å². The first-order chi connectivity index (χ1) is 14.2. The number of benzene rings is 2. The van der Waals surface area contributed by atoms with E-state index in [2.05, 4.69) is 56.3 Å². The zero-order chi connectivity index (χ0) is 24.2. The summed E-state index contributed by atoms with van der Waals surface area (Å²) in [4.78, 5) is 20.5. The molecule has 0 bridgehead atoms. The van der Waals surface area contributed by atoms with Crippen LogP contribution in [0.4, 0.5) is 8.78 Å². The van der Waals surface area contributed by atoms with Gasteiger partial charge >= 0.3 is 0 Å². The van der Waals surface area contributed by atoms with E-state index in [9.17, 15) is 18.4 Å². The van der Waals surface area contributed by atoms with Crippen molar-refractivity contribution >= 4 is 51.3 Å². The van der Waals surface area contributed by atoms with Crippen molar-refractivity contribution in [3.05, 3.63) is 68.3 Å². The summed E-state index contributed by atoms with van der Waals surface area (Å²) in [6, 6.07) is 8.90. The van der Waals surface area contributed by atoms with E-state index in [1.807, 2.05) is 22.6 Å². The highest BCUT2D eigenvalue weighted by molar-refractivity contribution is 14.1. The molecular formula is C24H27F2IO2Si2. The third-order valence-electron chi connectivity index (χ3n) is 3.23. The fourth-order valence-electron chi connectivity index (χ4n) is 1.56. The van der Waals surface area contributed by atoms with E-state index in [0.717, 1.165) is 3.57 Å². The van der Waals surface area contributed by atoms with Crippen LogP contribution in [0.25, 0.3) is 0 Å². The molecule has 0 saturated carbocycles. The lowest BCUT2D eigenvalue weighted by molar-refractivity contribution is 0.111. The van der Waals surface area contributed by atoms with Crippen molar-refractivity contribution in [1.29, 1.82) is 0 Å². The summed E-state index contributed by atoms with van der Waals surface area (Å²) >= 11 is 1.98. The standard InChI is InChI=1S/C12H13FOSi.C7H4FIO.C5H10Si/c1-15(2,3)7-6-10-4-5-11(9-14)12(13)8-10;8-7-3-6(9)2-1-5(7)4-10;1-5-6(2,3)4/h4-5,8-9H,1-3H3;1-4H;1H,2-4H3. The molecule has 31 heavy (non-hydrogen) atoms. The fourth-order valence-corrected chi connectivity index (χ4v) is 2.53. The lowest BCUT2D eigenvalue weighted by atomic mass is 10.1. The minimum atomic E-state index is -1.43. The van der Waals surface area contributed by atoms with Gasteiger partial charge in [-0.05, 0) is 59.0 Å². The van der Waals surface area contributed by atoms with E-state index in [4.69, 9.17) is 6.42 Å². The number of terminal acetylenes is 1. The highest BCUT2D eigenvalue weighted by Crippen LogP contribution is 2.10. The van der Waals surface area contributed by atoms with Gasteiger partial charge < -0.3 is 0 Å². The normalized spacial score (nSPS) is 10.1. The van der Waals surface area contributed by atoms with Crippen LogP contribution < -0.4 is 0 Å². The molecule has 0 spiro atoms. The highest BCUT2D eigenvalue weighted by Gasteiger charge is 2.08. The first-order valence-electron chi connectivity index (χ1n) is 9.38. The average molecular weight is 569 g/mol. The van der Waals surface area contributed by atoms with Crippen molar-refractivity contribution in [2.45, 2.75) is 39.3 Å². The molecule has 0 amide bonds. The smallest absolute Gasteiger partial charge is 0.152 e. The molecule has 0 N–H and O–H groups in total. The number of aldehydes is 2. The maximum Gasteiger partial charge on any atom is 0.152 e. The molecule has 2 nitrogen and oxygen atoms in total. The molecule has 2 aromatic carbocycles. The van der Waals surface area contributed by atoms with Crippen LogP contribution in [0.3, 0.4) is 0 Å². The van der Waals surface area contributed by atoms with Crippen molar-refractivity contribution in [3.63, 3.8) is 0 Å². The van der Waals surface area contributed by atoms with Crippen molar-refractivity contribution in [3.8, 4) is 23.4 Å². The summed E-state index contributed by atoms with van der Waals surface area (Å²) in [6.07, 6.45) is 6.13. The van der Waals surface area contributed by atoms with Gasteiger partial charge in [-0.1, -0.05) is 45.2 Å². The Morgan fingerprint density at radius 1 is 0.839 bits per heavy atom. The summed E-state index contributed by atoms with van der Waals surface area (Å²) in [7, 11) is -2.54. The largest absolute Gasteiger partial charge is 0.298 e. The minimum absolute atomic E-state index is 0.0774. The van der Waals surface area contributed by atoms with Crippen molar-refractivity contribution in [2.24, 2.45) is 0 Å². The van der Waals surface area contributed by atoms with Gasteiger partial charge in [0.1, 0.15) is 27.8 Å². The second-order valence-electron chi connectivity index (χ2n) is 8.53. The van der Waals surface area contributed by atoms with Crippen molar-refractivity contribution in [1.82, 2.24) is 0 Å². The first kappa shape index (κ1) is 28.9. The van der Waals surface area contributed by atoms with Crippen LogP contribution in [-0.4, -0.2) is 28.7 Å². The molecule has 0 saturated heterocycles. The molecule has 0 heterocycles. The number of halogens is 3. The number of hydrogen-bond acceptors (Lipinski definition) is 2. The van der Waals surface area contributed by atoms with Gasteiger partial charge in [0.2, 0.25) is 0 Å². The zero-order valence-corrected chi connectivity index (χ0v) is 22.8. The highest BCUT2D eigenvalue weighted by atomic mass is 127. The first-order valence-corrected chi connectivity index (χ1v) is 17.5. The topological polar surface area (TPSA) is 34.1 Å². The molecule has 0 aliphatic carbocycles.